The second kappa shape index (κ2) is 13.2. The second-order valence-corrected chi connectivity index (χ2v) is 11.4. The van der Waals surface area contributed by atoms with Gasteiger partial charge < -0.3 is 36.0 Å². The molecule has 4 rings (SSSR count). The molecule has 1 aromatic heterocycles. The van der Waals surface area contributed by atoms with Crippen molar-refractivity contribution in [2.75, 3.05) is 38.2 Å². The van der Waals surface area contributed by atoms with Crippen molar-refractivity contribution < 1.29 is 49.2 Å². The number of amides is 6. The van der Waals surface area contributed by atoms with Crippen LogP contribution in [-0.4, -0.2) is 148 Å². The number of tetrazole rings is 1. The first-order chi connectivity index (χ1) is 19.9. The van der Waals surface area contributed by atoms with E-state index in [-0.39, 0.29) is 42.3 Å². The maximum atomic E-state index is 13.4. The molecule has 2 unspecified atom stereocenters. The lowest BCUT2D eigenvalue weighted by Gasteiger charge is -2.56. The van der Waals surface area contributed by atoms with Crippen molar-refractivity contribution in [2.24, 2.45) is 7.05 Å². The molecule has 0 bridgehead atoms. The average Bonchev–Trinajstić information content (AvgIpc) is 3.37. The summed E-state index contributed by atoms with van der Waals surface area (Å²) in [5.74, 6) is -4.87. The van der Waals surface area contributed by atoms with Gasteiger partial charge in [0.15, 0.2) is 0 Å². The van der Waals surface area contributed by atoms with E-state index in [4.69, 9.17) is 4.74 Å². The topological polar surface area (TPSA) is 261 Å². The summed E-state index contributed by atoms with van der Waals surface area (Å²) in [5, 5.41) is 35.5. The van der Waals surface area contributed by atoms with Gasteiger partial charge in [0.05, 0.1) is 6.10 Å². The lowest BCUT2D eigenvalue weighted by molar-refractivity contribution is -0.193. The van der Waals surface area contributed by atoms with Crippen LogP contribution < -0.4 is 10.6 Å². The highest BCUT2D eigenvalue weighted by Gasteiger charge is 2.67. The van der Waals surface area contributed by atoms with Gasteiger partial charge in [-0.25, -0.2) is 14.3 Å². The number of hydrogen-bond acceptors (Lipinski definition) is 13. The van der Waals surface area contributed by atoms with Crippen LogP contribution in [0.1, 0.15) is 13.8 Å². The lowest BCUT2D eigenvalue weighted by atomic mass is 9.97. The maximum absolute atomic E-state index is 13.4. The van der Waals surface area contributed by atoms with Gasteiger partial charge in [-0.15, -0.1) is 16.9 Å². The lowest BCUT2D eigenvalue weighted by Crippen LogP contribution is -2.81. The molecule has 4 heterocycles. The fourth-order valence-corrected chi connectivity index (χ4v) is 7.02. The van der Waals surface area contributed by atoms with Gasteiger partial charge in [0.1, 0.15) is 17.1 Å². The molecule has 0 radical (unpaired) electrons. The summed E-state index contributed by atoms with van der Waals surface area (Å²) < 4.78 is 6.84. The number of imide groups is 1. The highest BCUT2D eigenvalue weighted by molar-refractivity contribution is 8.01. The largest absolute Gasteiger partial charge is 0.477 e. The van der Waals surface area contributed by atoms with Gasteiger partial charge in [-0.1, -0.05) is 11.8 Å². The van der Waals surface area contributed by atoms with Crippen molar-refractivity contribution in [2.45, 2.75) is 42.2 Å². The molecular weight excluding hydrogens is 614 g/mol. The number of piperazine rings is 1. The molecule has 236 valence electrons. The number of methoxy groups -OCH3 is 1. The van der Waals surface area contributed by atoms with Crippen LogP contribution in [-0.2, 0) is 35.8 Å². The van der Waals surface area contributed by atoms with Gasteiger partial charge >= 0.3 is 23.8 Å². The zero-order chi connectivity index (χ0) is 30.9. The molecule has 0 spiro atoms. The number of aliphatic hydroxyl groups is 1. The van der Waals surface area contributed by atoms with E-state index >= 15 is 0 Å². The number of carboxylic acids is 1. The molecule has 6 N–H and O–H groups in total. The van der Waals surface area contributed by atoms with Crippen molar-refractivity contribution in [1.29, 1.82) is 0 Å². The van der Waals surface area contributed by atoms with Crippen LogP contribution in [0, 0.1) is 0 Å². The first-order valence-electron chi connectivity index (χ1n) is 12.6. The van der Waals surface area contributed by atoms with E-state index in [1.54, 1.807) is 14.0 Å². The van der Waals surface area contributed by atoms with E-state index in [1.807, 2.05) is 0 Å². The summed E-state index contributed by atoms with van der Waals surface area (Å²) in [6.45, 7) is 3.15. The second-order valence-electron chi connectivity index (χ2n) is 9.41. The molecule has 0 saturated carbocycles. The number of fused-ring (bicyclic) bond motifs is 1. The van der Waals surface area contributed by atoms with Crippen LogP contribution >= 0.6 is 23.5 Å². The quantitative estimate of drug-likeness (QED) is 0.0828. The first kappa shape index (κ1) is 33.7. The number of nitrogens with one attached hydrogen (secondary N) is 2. The normalized spacial score (nSPS) is 23.2. The molecule has 43 heavy (non-hydrogen) atoms. The SMILES string of the molecule is CCN1CCN(C(=O)NC(C(=O)N[C@]2(OC)C(=O)N3C(C(=O)O)=C(CSc4nnnn4C)CS[C@@H]32)C(C)O)C(=O)C1=O.O. The Morgan fingerprint density at radius 3 is 2.49 bits per heavy atom. The molecule has 6 amide bonds. The summed E-state index contributed by atoms with van der Waals surface area (Å²) >= 11 is 2.33. The Labute approximate surface area is 252 Å². The third-order valence-electron chi connectivity index (χ3n) is 6.88. The molecule has 19 nitrogen and oxygen atoms in total. The van der Waals surface area contributed by atoms with Crippen molar-refractivity contribution in [3.8, 4) is 0 Å². The van der Waals surface area contributed by atoms with Gasteiger partial charge in [0.2, 0.25) is 11.1 Å². The Kier molecular flexibility index (Phi) is 10.4. The number of ether oxygens (including phenoxy) is 1. The number of carboxylic acid groups (broad SMARTS) is 1. The smallest absolute Gasteiger partial charge is 0.352 e. The number of urea groups is 1. The standard InChI is InChI=1S/C22H29N9O9S2.H2O/c1-5-29-6-7-30(16(35)15(29)34)20(39)23-12(10(2)32)14(33)24-22(40-4)18(38)31-13(17(36)37)11(8-41-19(22)31)9-42-21-25-26-27-28(21)3;/h10,12,19,32H,5-9H2,1-4H3,(H,23,39)(H,24,33)(H,36,37);1H2/t10?,12?,19-,22+;/m1./s1. The Bertz CT molecular complexity index is 1350. The molecule has 0 aliphatic carbocycles. The Morgan fingerprint density at radius 2 is 1.93 bits per heavy atom. The van der Waals surface area contributed by atoms with E-state index in [2.05, 4.69) is 26.2 Å². The van der Waals surface area contributed by atoms with Crippen LogP contribution in [0.5, 0.6) is 0 Å². The van der Waals surface area contributed by atoms with E-state index in [1.165, 1.54) is 28.3 Å². The fraction of sp³-hybridized carbons (Fsp3) is 0.591. The number of hydrogen-bond donors (Lipinski definition) is 4. The monoisotopic (exact) mass is 645 g/mol. The predicted molar refractivity (Wildman–Crippen MR) is 147 cm³/mol. The van der Waals surface area contributed by atoms with Gasteiger partial charge in [-0.3, -0.25) is 29.0 Å². The van der Waals surface area contributed by atoms with Crippen LogP contribution in [0.3, 0.4) is 0 Å². The summed E-state index contributed by atoms with van der Waals surface area (Å²) in [6.07, 6.45) is -1.50. The number of aliphatic hydroxyl groups excluding tert-OH is 1. The zero-order valence-electron chi connectivity index (χ0n) is 23.5. The summed E-state index contributed by atoms with van der Waals surface area (Å²) in [6, 6.07) is -2.74. The van der Waals surface area contributed by atoms with Crippen molar-refractivity contribution in [1.82, 2.24) is 45.5 Å². The summed E-state index contributed by atoms with van der Waals surface area (Å²) in [7, 11) is 2.78. The zero-order valence-corrected chi connectivity index (χ0v) is 25.1. The predicted octanol–water partition coefficient (Wildman–Crippen LogP) is -3.66. The molecule has 1 aromatic rings. The van der Waals surface area contributed by atoms with Gasteiger partial charge in [-0.05, 0) is 29.8 Å². The van der Waals surface area contributed by atoms with Crippen molar-refractivity contribution >= 4 is 59.2 Å². The van der Waals surface area contributed by atoms with E-state index < -0.39 is 58.9 Å². The number of rotatable bonds is 10. The highest BCUT2D eigenvalue weighted by atomic mass is 32.2. The third-order valence-corrected chi connectivity index (χ3v) is 9.35. The Morgan fingerprint density at radius 1 is 1.23 bits per heavy atom. The minimum atomic E-state index is -2.01. The van der Waals surface area contributed by atoms with Crippen LogP contribution in [0.15, 0.2) is 16.4 Å². The number of aromatic nitrogens is 4. The highest BCUT2D eigenvalue weighted by Crippen LogP contribution is 2.47. The summed E-state index contributed by atoms with van der Waals surface area (Å²) in [4.78, 5) is 79.3. The van der Waals surface area contributed by atoms with Gasteiger partial charge in [-0.2, -0.15) is 0 Å². The number of nitrogens with zero attached hydrogens (tertiary/aromatic N) is 7. The third kappa shape index (κ3) is 6.02. The number of aliphatic carboxylic acids is 1. The van der Waals surface area contributed by atoms with Crippen molar-refractivity contribution in [3.63, 3.8) is 0 Å². The minimum Gasteiger partial charge on any atom is -0.477 e. The molecule has 4 atom stereocenters. The number of aryl methyl sites for hydroxylation is 1. The van der Waals surface area contributed by atoms with Crippen LogP contribution in [0.2, 0.25) is 0 Å². The number of likely N-dealkylation sites (N-methyl/N-ethyl adjacent to an activating group) is 1. The molecule has 21 heteroatoms. The Balaban J connectivity index is 0.00000506. The minimum absolute atomic E-state index is 0. The van der Waals surface area contributed by atoms with E-state index in [9.17, 15) is 39.0 Å². The average molecular weight is 646 g/mol. The van der Waals surface area contributed by atoms with Gasteiger partial charge in [0.25, 0.3) is 11.6 Å². The van der Waals surface area contributed by atoms with Crippen LogP contribution in [0.4, 0.5) is 4.79 Å². The molecule has 0 aromatic carbocycles. The molecule has 2 fully saturated rings. The maximum Gasteiger partial charge on any atom is 0.352 e. The molecule has 3 aliphatic heterocycles. The van der Waals surface area contributed by atoms with Crippen molar-refractivity contribution in [3.05, 3.63) is 11.3 Å². The Hall–Kier alpha value is -3.79. The van der Waals surface area contributed by atoms with E-state index in [0.717, 1.165) is 23.8 Å². The number of carbonyl (C=O) groups is 6. The fourth-order valence-electron chi connectivity index (χ4n) is 4.60. The molecule has 2 saturated heterocycles. The first-order valence-corrected chi connectivity index (χ1v) is 14.6. The number of carbonyl (C=O) groups excluding carboxylic acids is 5. The number of β-lactam (4-membered cyclic amide) rings is 1. The van der Waals surface area contributed by atoms with Gasteiger partial charge in [0, 0.05) is 45.3 Å². The van der Waals surface area contributed by atoms with Crippen LogP contribution in [0.25, 0.3) is 0 Å². The molecule has 3 aliphatic rings. The summed E-state index contributed by atoms with van der Waals surface area (Å²) in [5.41, 5.74) is -1.84. The number of thioether (sulfide) groups is 2. The van der Waals surface area contributed by atoms with E-state index in [0.29, 0.717) is 15.6 Å². The molecular formula is C22H31N9O10S2.